The topological polar surface area (TPSA) is 84.5 Å². The van der Waals surface area contributed by atoms with Crippen LogP contribution in [0.25, 0.3) is 0 Å². The molecule has 0 saturated carbocycles. The number of carbonyl (C=O) groups is 1. The third-order valence-electron chi connectivity index (χ3n) is 4.38. The van der Waals surface area contributed by atoms with Crippen LogP contribution in [0.2, 0.25) is 0 Å². The second kappa shape index (κ2) is 8.79. The highest BCUT2D eigenvalue weighted by molar-refractivity contribution is 7.92. The highest BCUT2D eigenvalue weighted by Crippen LogP contribution is 2.20. The summed E-state index contributed by atoms with van der Waals surface area (Å²) < 4.78 is 32.8. The van der Waals surface area contributed by atoms with Gasteiger partial charge < -0.3 is 4.74 Å². The van der Waals surface area contributed by atoms with Gasteiger partial charge in [0.25, 0.3) is 10.0 Å². The Bertz CT molecular complexity index is 1100. The molecule has 0 atom stereocenters. The van der Waals surface area contributed by atoms with Gasteiger partial charge >= 0.3 is 6.09 Å². The van der Waals surface area contributed by atoms with E-state index >= 15 is 0 Å². The van der Waals surface area contributed by atoms with Crippen molar-refractivity contribution in [3.8, 4) is 0 Å². The van der Waals surface area contributed by atoms with Gasteiger partial charge in [0.05, 0.1) is 4.90 Å². The van der Waals surface area contributed by atoms with Crippen LogP contribution < -0.4 is 10.0 Å². The van der Waals surface area contributed by atoms with Gasteiger partial charge in [-0.25, -0.2) is 13.2 Å². The van der Waals surface area contributed by atoms with Crippen molar-refractivity contribution in [2.45, 2.75) is 25.3 Å². The lowest BCUT2D eigenvalue weighted by molar-refractivity contribution is 0.155. The molecule has 1 amide bonds. The molecule has 0 aliphatic carbocycles. The lowest BCUT2D eigenvalue weighted by atomic mass is 10.1. The minimum Gasteiger partial charge on any atom is -0.444 e. The minimum atomic E-state index is -3.73. The predicted octanol–water partition coefficient (Wildman–Crippen LogP) is 4.85. The maximum Gasteiger partial charge on any atom is 0.411 e. The van der Waals surface area contributed by atoms with Crippen LogP contribution in [0.15, 0.2) is 77.7 Å². The molecule has 0 aliphatic rings. The summed E-state index contributed by atoms with van der Waals surface area (Å²) in [4.78, 5) is 12.0. The first-order valence-electron chi connectivity index (χ1n) is 9.01. The number of hydrogen-bond acceptors (Lipinski definition) is 4. The van der Waals surface area contributed by atoms with Gasteiger partial charge in [-0.15, -0.1) is 0 Å². The third kappa shape index (κ3) is 5.58. The summed E-state index contributed by atoms with van der Waals surface area (Å²) in [5, 5.41) is 2.58. The molecule has 2 N–H and O–H groups in total. The molecular formula is C22H22N2O4S. The lowest BCUT2D eigenvalue weighted by Crippen LogP contribution is -2.15. The van der Waals surface area contributed by atoms with E-state index in [1.165, 1.54) is 24.3 Å². The monoisotopic (exact) mass is 410 g/mol. The molecule has 0 unspecified atom stereocenters. The van der Waals surface area contributed by atoms with Crippen LogP contribution >= 0.6 is 0 Å². The van der Waals surface area contributed by atoms with Crippen molar-refractivity contribution >= 4 is 27.5 Å². The van der Waals surface area contributed by atoms with E-state index in [1.807, 2.05) is 50.2 Å². The Hall–Kier alpha value is -3.32. The molecule has 0 bridgehead atoms. The van der Waals surface area contributed by atoms with Crippen LogP contribution in [0.3, 0.4) is 0 Å². The summed E-state index contributed by atoms with van der Waals surface area (Å²) in [6, 6.07) is 20.6. The molecular weight excluding hydrogens is 388 g/mol. The Kier molecular flexibility index (Phi) is 6.19. The van der Waals surface area contributed by atoms with Gasteiger partial charge in [-0.2, -0.15) is 0 Å². The molecule has 3 aromatic carbocycles. The average Bonchev–Trinajstić information content (AvgIpc) is 2.70. The fourth-order valence-electron chi connectivity index (χ4n) is 2.61. The summed E-state index contributed by atoms with van der Waals surface area (Å²) in [5.41, 5.74) is 3.90. The van der Waals surface area contributed by atoms with E-state index in [0.29, 0.717) is 11.4 Å². The second-order valence-corrected chi connectivity index (χ2v) is 8.30. The fourth-order valence-corrected chi connectivity index (χ4v) is 3.66. The zero-order chi connectivity index (χ0) is 20.9. The van der Waals surface area contributed by atoms with Crippen LogP contribution in [0.4, 0.5) is 16.2 Å². The predicted molar refractivity (Wildman–Crippen MR) is 113 cm³/mol. The van der Waals surface area contributed by atoms with Gasteiger partial charge in [-0.1, -0.05) is 36.4 Å². The van der Waals surface area contributed by atoms with Gasteiger partial charge in [0.1, 0.15) is 6.61 Å². The molecule has 6 nitrogen and oxygen atoms in total. The number of hydrogen-bond donors (Lipinski definition) is 2. The minimum absolute atomic E-state index is 0.0962. The molecule has 29 heavy (non-hydrogen) atoms. The molecule has 0 radical (unpaired) electrons. The zero-order valence-corrected chi connectivity index (χ0v) is 17.0. The molecule has 0 aliphatic heterocycles. The number of anilines is 2. The van der Waals surface area contributed by atoms with Crippen molar-refractivity contribution in [1.29, 1.82) is 0 Å². The highest BCUT2D eigenvalue weighted by atomic mass is 32.2. The largest absolute Gasteiger partial charge is 0.444 e. The van der Waals surface area contributed by atoms with Crippen molar-refractivity contribution in [2.75, 3.05) is 10.0 Å². The number of sulfonamides is 1. The van der Waals surface area contributed by atoms with Crippen molar-refractivity contribution in [3.05, 3.63) is 89.5 Å². The van der Waals surface area contributed by atoms with Crippen molar-refractivity contribution in [2.24, 2.45) is 0 Å². The smallest absolute Gasteiger partial charge is 0.411 e. The first-order chi connectivity index (χ1) is 13.8. The maximum atomic E-state index is 12.6. The number of aryl methyl sites for hydroxylation is 2. The molecule has 150 valence electrons. The first kappa shape index (κ1) is 20.4. The van der Waals surface area contributed by atoms with E-state index in [1.54, 1.807) is 12.1 Å². The third-order valence-corrected chi connectivity index (χ3v) is 5.78. The van der Waals surface area contributed by atoms with Crippen molar-refractivity contribution in [3.63, 3.8) is 0 Å². The maximum absolute atomic E-state index is 12.6. The average molecular weight is 410 g/mol. The standard InChI is InChI=1S/C22H22N2O4S/c1-16-8-9-20(14-17(16)2)24-29(26,27)21-12-10-19(11-13-21)23-22(25)28-15-18-6-4-3-5-7-18/h3-14,24H,15H2,1-2H3,(H,23,25). The zero-order valence-electron chi connectivity index (χ0n) is 16.2. The molecule has 3 rings (SSSR count). The van der Waals surface area contributed by atoms with E-state index in [9.17, 15) is 13.2 Å². The molecule has 0 spiro atoms. The number of rotatable bonds is 6. The second-order valence-electron chi connectivity index (χ2n) is 6.62. The van der Waals surface area contributed by atoms with Crippen molar-refractivity contribution < 1.29 is 17.9 Å². The summed E-state index contributed by atoms with van der Waals surface area (Å²) >= 11 is 0. The number of nitrogens with one attached hydrogen (secondary N) is 2. The first-order valence-corrected chi connectivity index (χ1v) is 10.5. The van der Waals surface area contributed by atoms with Crippen LogP contribution in [0.5, 0.6) is 0 Å². The summed E-state index contributed by atoms with van der Waals surface area (Å²) in [7, 11) is -3.73. The Morgan fingerprint density at radius 3 is 2.17 bits per heavy atom. The van der Waals surface area contributed by atoms with E-state index in [0.717, 1.165) is 16.7 Å². The SMILES string of the molecule is Cc1ccc(NS(=O)(=O)c2ccc(NC(=O)OCc3ccccc3)cc2)cc1C. The van der Waals surface area contributed by atoms with E-state index < -0.39 is 16.1 Å². The van der Waals surface area contributed by atoms with Crippen LogP contribution in [0.1, 0.15) is 16.7 Å². The Balaban J connectivity index is 1.61. The van der Waals surface area contributed by atoms with Gasteiger partial charge in [0, 0.05) is 11.4 Å². The Morgan fingerprint density at radius 2 is 1.52 bits per heavy atom. The summed E-state index contributed by atoms with van der Waals surface area (Å²) in [6.07, 6.45) is -0.613. The summed E-state index contributed by atoms with van der Waals surface area (Å²) in [6.45, 7) is 4.04. The van der Waals surface area contributed by atoms with Crippen LogP contribution in [-0.4, -0.2) is 14.5 Å². The Morgan fingerprint density at radius 1 is 0.862 bits per heavy atom. The van der Waals surface area contributed by atoms with Gasteiger partial charge in [0.2, 0.25) is 0 Å². The number of benzene rings is 3. The molecule has 0 saturated heterocycles. The number of amides is 1. The van der Waals surface area contributed by atoms with E-state index in [-0.39, 0.29) is 11.5 Å². The normalized spacial score (nSPS) is 11.0. The molecule has 7 heteroatoms. The van der Waals surface area contributed by atoms with Crippen LogP contribution in [-0.2, 0) is 21.4 Å². The molecule has 0 aromatic heterocycles. The van der Waals surface area contributed by atoms with E-state index in [4.69, 9.17) is 4.74 Å². The quantitative estimate of drug-likeness (QED) is 0.608. The highest BCUT2D eigenvalue weighted by Gasteiger charge is 2.15. The fraction of sp³-hybridized carbons (Fsp3) is 0.136. The van der Waals surface area contributed by atoms with Crippen LogP contribution in [0, 0.1) is 13.8 Å². The molecule has 0 fully saturated rings. The summed E-state index contributed by atoms with van der Waals surface area (Å²) in [5.74, 6) is 0. The van der Waals surface area contributed by atoms with Gasteiger partial charge in [-0.05, 0) is 66.9 Å². The Labute approximate surface area is 170 Å². The van der Waals surface area contributed by atoms with Crippen molar-refractivity contribution in [1.82, 2.24) is 0 Å². The lowest BCUT2D eigenvalue weighted by Gasteiger charge is -2.11. The number of carbonyl (C=O) groups excluding carboxylic acids is 1. The van der Waals surface area contributed by atoms with E-state index in [2.05, 4.69) is 10.0 Å². The molecule has 0 heterocycles. The van der Waals surface area contributed by atoms with Gasteiger partial charge in [-0.3, -0.25) is 10.0 Å². The number of ether oxygens (including phenoxy) is 1. The van der Waals surface area contributed by atoms with Gasteiger partial charge in [0.15, 0.2) is 0 Å². The molecule has 3 aromatic rings.